The van der Waals surface area contributed by atoms with Crippen molar-refractivity contribution in [2.24, 2.45) is 5.73 Å². The van der Waals surface area contributed by atoms with Crippen molar-refractivity contribution in [3.05, 3.63) is 35.4 Å². The third-order valence-corrected chi connectivity index (χ3v) is 2.59. The van der Waals surface area contributed by atoms with Crippen LogP contribution < -0.4 is 5.73 Å². The van der Waals surface area contributed by atoms with Crippen molar-refractivity contribution in [1.29, 1.82) is 0 Å². The second-order valence-corrected chi connectivity index (χ2v) is 3.62. The number of hydrogen-bond acceptors (Lipinski definition) is 2. The van der Waals surface area contributed by atoms with Gasteiger partial charge in [-0.05, 0) is 11.1 Å². The molecule has 1 aromatic rings. The van der Waals surface area contributed by atoms with Crippen LogP contribution in [0.25, 0.3) is 0 Å². The van der Waals surface area contributed by atoms with Gasteiger partial charge >= 0.3 is 0 Å². The minimum Gasteiger partial charge on any atom is -0.375 e. The molecule has 0 fully saturated rings. The second kappa shape index (κ2) is 6.05. The highest BCUT2D eigenvalue weighted by Gasteiger charge is 2.18. The Bertz CT molecular complexity index is 291. The van der Waals surface area contributed by atoms with Crippen LogP contribution in [0.3, 0.4) is 0 Å². The zero-order chi connectivity index (χ0) is 11.3. The standard InChI is InChI=1S/C11H15ClFNO/c1-15-11(10(14)7-13)9-4-2-8(6-12)3-5-9/h2-5,10-11H,6-7,14H2,1H3. The molecule has 0 saturated heterocycles. The first kappa shape index (κ1) is 12.4. The van der Waals surface area contributed by atoms with Gasteiger partial charge in [0.05, 0.1) is 12.1 Å². The monoisotopic (exact) mass is 231 g/mol. The SMILES string of the molecule is COC(c1ccc(CCl)cc1)C(N)CF. The van der Waals surface area contributed by atoms with Crippen molar-refractivity contribution >= 4 is 11.6 Å². The summed E-state index contributed by atoms with van der Waals surface area (Å²) in [5.74, 6) is 0.465. The van der Waals surface area contributed by atoms with Gasteiger partial charge in [-0.3, -0.25) is 0 Å². The lowest BCUT2D eigenvalue weighted by Crippen LogP contribution is -2.31. The summed E-state index contributed by atoms with van der Waals surface area (Å²) >= 11 is 5.67. The molecule has 2 nitrogen and oxygen atoms in total. The molecule has 0 aliphatic heterocycles. The Hall–Kier alpha value is -0.640. The summed E-state index contributed by atoms with van der Waals surface area (Å²) in [6.45, 7) is -0.601. The van der Waals surface area contributed by atoms with Crippen LogP contribution in [0.2, 0.25) is 0 Å². The zero-order valence-electron chi connectivity index (χ0n) is 8.62. The lowest BCUT2D eigenvalue weighted by Gasteiger charge is -2.20. The quantitative estimate of drug-likeness (QED) is 0.790. The molecule has 0 heterocycles. The van der Waals surface area contributed by atoms with Crippen LogP contribution in [0.5, 0.6) is 0 Å². The molecule has 0 aromatic heterocycles. The minimum absolute atomic E-state index is 0.403. The Kier molecular flexibility index (Phi) is 5.02. The Labute approximate surface area is 94.2 Å². The van der Waals surface area contributed by atoms with Gasteiger partial charge in [0.1, 0.15) is 6.67 Å². The summed E-state index contributed by atoms with van der Waals surface area (Å²) < 4.78 is 17.6. The zero-order valence-corrected chi connectivity index (χ0v) is 9.38. The van der Waals surface area contributed by atoms with Gasteiger partial charge in [0.25, 0.3) is 0 Å². The number of benzene rings is 1. The summed E-state index contributed by atoms with van der Waals surface area (Å²) in [4.78, 5) is 0. The van der Waals surface area contributed by atoms with Crippen LogP contribution in [0.1, 0.15) is 17.2 Å². The Morgan fingerprint density at radius 3 is 2.40 bits per heavy atom. The molecule has 1 aromatic carbocycles. The molecule has 84 valence electrons. The maximum atomic E-state index is 12.4. The fourth-order valence-electron chi connectivity index (χ4n) is 1.44. The average molecular weight is 232 g/mol. The van der Waals surface area contributed by atoms with E-state index in [0.717, 1.165) is 11.1 Å². The highest BCUT2D eigenvalue weighted by atomic mass is 35.5. The van der Waals surface area contributed by atoms with Gasteiger partial charge in [-0.15, -0.1) is 11.6 Å². The molecule has 1 rings (SSSR count). The van der Waals surface area contributed by atoms with E-state index < -0.39 is 18.8 Å². The first-order valence-electron chi connectivity index (χ1n) is 4.72. The number of alkyl halides is 2. The lowest BCUT2D eigenvalue weighted by atomic mass is 10.0. The summed E-state index contributed by atoms with van der Waals surface area (Å²) in [5.41, 5.74) is 7.49. The smallest absolute Gasteiger partial charge is 0.107 e. The Morgan fingerprint density at radius 2 is 2.00 bits per heavy atom. The molecule has 0 spiro atoms. The van der Waals surface area contributed by atoms with E-state index in [4.69, 9.17) is 22.1 Å². The highest BCUT2D eigenvalue weighted by Crippen LogP contribution is 2.20. The van der Waals surface area contributed by atoms with E-state index in [1.807, 2.05) is 24.3 Å². The summed E-state index contributed by atoms with van der Waals surface area (Å²) in [5, 5.41) is 0. The number of ether oxygens (including phenoxy) is 1. The normalized spacial score (nSPS) is 14.9. The maximum absolute atomic E-state index is 12.4. The Morgan fingerprint density at radius 1 is 1.40 bits per heavy atom. The topological polar surface area (TPSA) is 35.2 Å². The van der Waals surface area contributed by atoms with Gasteiger partial charge in [-0.1, -0.05) is 24.3 Å². The van der Waals surface area contributed by atoms with Crippen LogP contribution in [0.4, 0.5) is 4.39 Å². The molecule has 0 bridgehead atoms. The number of rotatable bonds is 5. The van der Waals surface area contributed by atoms with Gasteiger partial charge in [0.15, 0.2) is 0 Å². The maximum Gasteiger partial charge on any atom is 0.107 e. The van der Waals surface area contributed by atoms with Gasteiger partial charge in [0.2, 0.25) is 0 Å². The van der Waals surface area contributed by atoms with Crippen molar-refractivity contribution in [2.45, 2.75) is 18.0 Å². The van der Waals surface area contributed by atoms with Crippen molar-refractivity contribution in [2.75, 3.05) is 13.8 Å². The molecule has 0 aliphatic rings. The first-order chi connectivity index (χ1) is 7.22. The van der Waals surface area contributed by atoms with E-state index in [0.29, 0.717) is 5.88 Å². The predicted octanol–water partition coefficient (Wildman–Crippen LogP) is 2.41. The largest absolute Gasteiger partial charge is 0.375 e. The average Bonchev–Trinajstić information content (AvgIpc) is 2.30. The van der Waals surface area contributed by atoms with Crippen LogP contribution >= 0.6 is 11.6 Å². The molecule has 0 amide bonds. The van der Waals surface area contributed by atoms with Crippen LogP contribution in [0.15, 0.2) is 24.3 Å². The molecule has 2 atom stereocenters. The van der Waals surface area contributed by atoms with E-state index in [-0.39, 0.29) is 0 Å². The first-order valence-corrected chi connectivity index (χ1v) is 5.25. The molecule has 2 unspecified atom stereocenters. The fourth-order valence-corrected chi connectivity index (χ4v) is 1.61. The molecule has 0 radical (unpaired) electrons. The van der Waals surface area contributed by atoms with Gasteiger partial charge in [-0.25, -0.2) is 4.39 Å². The summed E-state index contributed by atoms with van der Waals surface area (Å²) in [6.07, 6.45) is -0.403. The molecular weight excluding hydrogens is 217 g/mol. The number of methoxy groups -OCH3 is 1. The van der Waals surface area contributed by atoms with E-state index in [1.165, 1.54) is 7.11 Å². The fraction of sp³-hybridized carbons (Fsp3) is 0.455. The molecule has 4 heteroatoms. The third-order valence-electron chi connectivity index (χ3n) is 2.28. The van der Waals surface area contributed by atoms with Crippen molar-refractivity contribution in [1.82, 2.24) is 0 Å². The molecular formula is C11H15ClFNO. The number of hydrogen-bond donors (Lipinski definition) is 1. The minimum atomic E-state index is -0.628. The van der Waals surface area contributed by atoms with Crippen molar-refractivity contribution in [3.63, 3.8) is 0 Å². The lowest BCUT2D eigenvalue weighted by molar-refractivity contribution is 0.0721. The van der Waals surface area contributed by atoms with Gasteiger partial charge in [-0.2, -0.15) is 0 Å². The van der Waals surface area contributed by atoms with Crippen molar-refractivity contribution < 1.29 is 9.13 Å². The Balaban J connectivity index is 2.83. The molecule has 2 N–H and O–H groups in total. The second-order valence-electron chi connectivity index (χ2n) is 3.35. The van der Waals surface area contributed by atoms with Crippen LogP contribution in [-0.2, 0) is 10.6 Å². The molecule has 0 saturated carbocycles. The highest BCUT2D eigenvalue weighted by molar-refractivity contribution is 6.17. The summed E-state index contributed by atoms with van der Waals surface area (Å²) in [6, 6.07) is 6.87. The third kappa shape index (κ3) is 3.16. The number of nitrogens with two attached hydrogens (primary N) is 1. The van der Waals surface area contributed by atoms with E-state index >= 15 is 0 Å². The number of halogens is 2. The van der Waals surface area contributed by atoms with Crippen molar-refractivity contribution in [3.8, 4) is 0 Å². The van der Waals surface area contributed by atoms with Crippen LogP contribution in [0, 0.1) is 0 Å². The van der Waals surface area contributed by atoms with E-state index in [2.05, 4.69) is 0 Å². The summed E-state index contributed by atoms with van der Waals surface area (Å²) in [7, 11) is 1.52. The van der Waals surface area contributed by atoms with E-state index in [9.17, 15) is 4.39 Å². The molecule has 0 aliphatic carbocycles. The van der Waals surface area contributed by atoms with Gasteiger partial charge in [0, 0.05) is 13.0 Å². The van der Waals surface area contributed by atoms with Gasteiger partial charge < -0.3 is 10.5 Å². The molecule has 15 heavy (non-hydrogen) atoms. The van der Waals surface area contributed by atoms with Crippen LogP contribution in [-0.4, -0.2) is 19.8 Å². The van der Waals surface area contributed by atoms with E-state index in [1.54, 1.807) is 0 Å². The predicted molar refractivity (Wildman–Crippen MR) is 59.7 cm³/mol.